The third-order valence-electron chi connectivity index (χ3n) is 4.68. The summed E-state index contributed by atoms with van der Waals surface area (Å²) in [5, 5.41) is 3.54. The second-order valence-corrected chi connectivity index (χ2v) is 6.06. The predicted molar refractivity (Wildman–Crippen MR) is 88.5 cm³/mol. The number of nitrogens with zero attached hydrogens (tertiary/aromatic N) is 1. The molecule has 0 bridgehead atoms. The van der Waals surface area contributed by atoms with Crippen molar-refractivity contribution in [1.82, 2.24) is 10.2 Å². The first kappa shape index (κ1) is 16.5. The quantitative estimate of drug-likeness (QED) is 0.870. The summed E-state index contributed by atoms with van der Waals surface area (Å²) in [6, 6.07) is 12.2. The first-order valence-electron chi connectivity index (χ1n) is 8.30. The molecule has 1 N–H and O–H groups in total. The van der Waals surface area contributed by atoms with Crippen LogP contribution >= 0.6 is 0 Å². The molecule has 3 heteroatoms. The second-order valence-electron chi connectivity index (χ2n) is 6.06. The Hall–Kier alpha value is -0.900. The number of nitrogens with one attached hydrogen (secondary N) is 1. The topological polar surface area (TPSA) is 24.5 Å². The minimum atomic E-state index is 0.329. The minimum absolute atomic E-state index is 0.329. The fraction of sp³-hybridized carbons (Fsp3) is 0.667. The summed E-state index contributed by atoms with van der Waals surface area (Å²) >= 11 is 0. The molecule has 4 atom stereocenters. The van der Waals surface area contributed by atoms with E-state index in [4.69, 9.17) is 4.74 Å². The van der Waals surface area contributed by atoms with Crippen LogP contribution in [0.1, 0.15) is 45.2 Å². The monoisotopic (exact) mass is 290 g/mol. The lowest BCUT2D eigenvalue weighted by molar-refractivity contribution is -0.0784. The SMILES string of the molecule is CCC1COC(C)CN1C(CC)C(NC)c1ccccc1. The molecule has 1 saturated heterocycles. The molecular weight excluding hydrogens is 260 g/mol. The molecule has 1 aromatic rings. The van der Waals surface area contributed by atoms with Crippen LogP contribution in [0.3, 0.4) is 0 Å². The van der Waals surface area contributed by atoms with Gasteiger partial charge in [-0.05, 0) is 32.4 Å². The third kappa shape index (κ3) is 3.85. The number of rotatable bonds is 6. The van der Waals surface area contributed by atoms with Crippen molar-refractivity contribution >= 4 is 0 Å². The van der Waals surface area contributed by atoms with Crippen LogP contribution in [0.2, 0.25) is 0 Å². The van der Waals surface area contributed by atoms with Gasteiger partial charge in [-0.1, -0.05) is 44.2 Å². The number of morpholine rings is 1. The highest BCUT2D eigenvalue weighted by Crippen LogP contribution is 2.28. The van der Waals surface area contributed by atoms with E-state index in [9.17, 15) is 0 Å². The van der Waals surface area contributed by atoms with Gasteiger partial charge in [-0.15, -0.1) is 0 Å². The maximum Gasteiger partial charge on any atom is 0.0674 e. The molecule has 0 aliphatic carbocycles. The van der Waals surface area contributed by atoms with Gasteiger partial charge < -0.3 is 10.1 Å². The number of benzene rings is 1. The highest BCUT2D eigenvalue weighted by molar-refractivity contribution is 5.21. The smallest absolute Gasteiger partial charge is 0.0674 e. The Kier molecular flexibility index (Phi) is 6.22. The summed E-state index contributed by atoms with van der Waals surface area (Å²) in [6.07, 6.45) is 2.62. The highest BCUT2D eigenvalue weighted by atomic mass is 16.5. The average molecular weight is 290 g/mol. The van der Waals surface area contributed by atoms with Crippen LogP contribution in [-0.2, 0) is 4.74 Å². The first-order valence-corrected chi connectivity index (χ1v) is 8.30. The molecule has 3 nitrogen and oxygen atoms in total. The molecule has 0 aromatic heterocycles. The van der Waals surface area contributed by atoms with Crippen molar-refractivity contribution < 1.29 is 4.74 Å². The Bertz CT molecular complexity index is 409. The summed E-state index contributed by atoms with van der Waals surface area (Å²) in [6.45, 7) is 8.63. The van der Waals surface area contributed by atoms with Crippen LogP contribution in [0.4, 0.5) is 0 Å². The van der Waals surface area contributed by atoms with E-state index in [-0.39, 0.29) is 0 Å². The zero-order valence-electron chi connectivity index (χ0n) is 13.9. The van der Waals surface area contributed by atoms with Gasteiger partial charge in [0.1, 0.15) is 0 Å². The maximum absolute atomic E-state index is 5.86. The summed E-state index contributed by atoms with van der Waals surface area (Å²) in [7, 11) is 2.07. The molecule has 0 radical (unpaired) electrons. The van der Waals surface area contributed by atoms with Gasteiger partial charge in [0.2, 0.25) is 0 Å². The fourth-order valence-electron chi connectivity index (χ4n) is 3.53. The molecule has 1 aliphatic rings. The summed E-state index contributed by atoms with van der Waals surface area (Å²) in [4.78, 5) is 2.67. The summed E-state index contributed by atoms with van der Waals surface area (Å²) in [5.41, 5.74) is 1.38. The molecule has 0 amide bonds. The lowest BCUT2D eigenvalue weighted by atomic mass is 9.93. The largest absolute Gasteiger partial charge is 0.376 e. The number of likely N-dealkylation sites (N-methyl/N-ethyl adjacent to an activating group) is 1. The predicted octanol–water partition coefficient (Wildman–Crippen LogP) is 3.23. The zero-order valence-corrected chi connectivity index (χ0v) is 13.9. The van der Waals surface area contributed by atoms with Crippen LogP contribution in [0.5, 0.6) is 0 Å². The number of hydrogen-bond donors (Lipinski definition) is 1. The molecule has 1 aliphatic heterocycles. The van der Waals surface area contributed by atoms with Crippen molar-refractivity contribution in [3.63, 3.8) is 0 Å². The third-order valence-corrected chi connectivity index (χ3v) is 4.68. The Morgan fingerprint density at radius 1 is 1.29 bits per heavy atom. The Morgan fingerprint density at radius 2 is 2.00 bits per heavy atom. The zero-order chi connectivity index (χ0) is 15.2. The van der Waals surface area contributed by atoms with Gasteiger partial charge in [0, 0.05) is 24.7 Å². The molecule has 1 fully saturated rings. The van der Waals surface area contributed by atoms with Crippen molar-refractivity contribution in [3.05, 3.63) is 35.9 Å². The van der Waals surface area contributed by atoms with Crippen molar-refractivity contribution in [2.75, 3.05) is 20.2 Å². The lowest BCUT2D eigenvalue weighted by Gasteiger charge is -2.45. The Labute approximate surface area is 129 Å². The molecule has 1 aromatic carbocycles. The van der Waals surface area contributed by atoms with Gasteiger partial charge >= 0.3 is 0 Å². The van der Waals surface area contributed by atoms with Crippen molar-refractivity contribution in [1.29, 1.82) is 0 Å². The van der Waals surface area contributed by atoms with Crippen molar-refractivity contribution in [2.24, 2.45) is 0 Å². The van der Waals surface area contributed by atoms with Crippen molar-refractivity contribution in [3.8, 4) is 0 Å². The van der Waals surface area contributed by atoms with Gasteiger partial charge in [0.25, 0.3) is 0 Å². The van der Waals surface area contributed by atoms with E-state index >= 15 is 0 Å². The van der Waals surface area contributed by atoms with E-state index in [2.05, 4.69) is 68.4 Å². The van der Waals surface area contributed by atoms with Gasteiger partial charge in [0.15, 0.2) is 0 Å². The van der Waals surface area contributed by atoms with Crippen LogP contribution < -0.4 is 5.32 Å². The maximum atomic E-state index is 5.86. The Morgan fingerprint density at radius 3 is 2.57 bits per heavy atom. The van der Waals surface area contributed by atoms with E-state index in [1.54, 1.807) is 0 Å². The standard InChI is InChI=1S/C18H30N2O/c1-5-16-13-21-14(3)12-20(16)17(6-2)18(19-4)15-10-8-7-9-11-15/h7-11,14,16-19H,5-6,12-13H2,1-4H3. The van der Waals surface area contributed by atoms with E-state index in [0.717, 1.165) is 26.0 Å². The molecular formula is C18H30N2O. The van der Waals surface area contributed by atoms with Gasteiger partial charge in [-0.2, -0.15) is 0 Å². The summed E-state index contributed by atoms with van der Waals surface area (Å²) < 4.78 is 5.86. The molecule has 0 spiro atoms. The minimum Gasteiger partial charge on any atom is -0.376 e. The first-order chi connectivity index (χ1) is 10.2. The van der Waals surface area contributed by atoms with Crippen LogP contribution in [0.25, 0.3) is 0 Å². The van der Waals surface area contributed by atoms with Gasteiger partial charge in [-0.3, -0.25) is 4.90 Å². The molecule has 0 saturated carbocycles. The van der Waals surface area contributed by atoms with Gasteiger partial charge in [0.05, 0.1) is 12.7 Å². The molecule has 1 heterocycles. The van der Waals surface area contributed by atoms with Crippen LogP contribution in [0.15, 0.2) is 30.3 Å². The van der Waals surface area contributed by atoms with Crippen LogP contribution in [0, 0.1) is 0 Å². The second kappa shape index (κ2) is 7.92. The molecule has 118 valence electrons. The molecule has 21 heavy (non-hydrogen) atoms. The van der Waals surface area contributed by atoms with E-state index in [1.807, 2.05) is 0 Å². The van der Waals surface area contributed by atoms with E-state index in [0.29, 0.717) is 24.2 Å². The Balaban J connectivity index is 2.23. The fourth-order valence-corrected chi connectivity index (χ4v) is 3.53. The highest BCUT2D eigenvalue weighted by Gasteiger charge is 2.34. The number of hydrogen-bond acceptors (Lipinski definition) is 3. The average Bonchev–Trinajstić information content (AvgIpc) is 2.53. The number of ether oxygens (including phenoxy) is 1. The van der Waals surface area contributed by atoms with Crippen molar-refractivity contribution in [2.45, 2.75) is 57.8 Å². The normalized spacial score (nSPS) is 26.5. The van der Waals surface area contributed by atoms with E-state index in [1.165, 1.54) is 5.56 Å². The van der Waals surface area contributed by atoms with Crippen LogP contribution in [-0.4, -0.2) is 43.3 Å². The van der Waals surface area contributed by atoms with Gasteiger partial charge in [-0.25, -0.2) is 0 Å². The molecule has 4 unspecified atom stereocenters. The van der Waals surface area contributed by atoms with E-state index < -0.39 is 0 Å². The summed E-state index contributed by atoms with van der Waals surface area (Å²) in [5.74, 6) is 0. The lowest BCUT2D eigenvalue weighted by Crippen LogP contribution is -2.56. The molecule has 2 rings (SSSR count).